The van der Waals surface area contributed by atoms with E-state index in [1.165, 1.54) is 5.56 Å². The Kier molecular flexibility index (Phi) is 5.04. The molecule has 6 nitrogen and oxygen atoms in total. The number of likely N-dealkylation sites (tertiary alicyclic amines) is 1. The van der Waals surface area contributed by atoms with Crippen molar-refractivity contribution < 1.29 is 4.79 Å². The van der Waals surface area contributed by atoms with E-state index in [9.17, 15) is 4.79 Å². The second kappa shape index (κ2) is 7.60. The van der Waals surface area contributed by atoms with Crippen molar-refractivity contribution in [1.29, 1.82) is 0 Å². The lowest BCUT2D eigenvalue weighted by Crippen LogP contribution is -2.49. The van der Waals surface area contributed by atoms with Gasteiger partial charge < -0.3 is 10.2 Å². The first-order valence-corrected chi connectivity index (χ1v) is 9.53. The van der Waals surface area contributed by atoms with E-state index in [4.69, 9.17) is 0 Å². The van der Waals surface area contributed by atoms with Crippen molar-refractivity contribution in [3.63, 3.8) is 0 Å². The minimum atomic E-state index is 0.124. The Morgan fingerprint density at radius 1 is 1.19 bits per heavy atom. The lowest BCUT2D eigenvalue weighted by Gasteiger charge is -2.32. The topological polar surface area (TPSA) is 53.4 Å². The third-order valence-electron chi connectivity index (χ3n) is 5.63. The van der Waals surface area contributed by atoms with Gasteiger partial charge in [-0.1, -0.05) is 30.3 Å². The fourth-order valence-electron chi connectivity index (χ4n) is 4.01. The fourth-order valence-corrected chi connectivity index (χ4v) is 4.01. The first-order valence-electron chi connectivity index (χ1n) is 9.53. The number of aromatic nitrogens is 2. The molecule has 0 radical (unpaired) electrons. The highest BCUT2D eigenvalue weighted by atomic mass is 16.2. The Hall–Kier alpha value is -2.18. The van der Waals surface area contributed by atoms with Gasteiger partial charge >= 0.3 is 0 Å². The van der Waals surface area contributed by atoms with Crippen LogP contribution in [0, 0.1) is 6.92 Å². The second-order valence-electron chi connectivity index (χ2n) is 7.27. The maximum Gasteiger partial charge on any atom is 0.257 e. The van der Waals surface area contributed by atoms with Crippen LogP contribution in [0.25, 0.3) is 0 Å². The van der Waals surface area contributed by atoms with Gasteiger partial charge in [-0.3, -0.25) is 14.4 Å². The number of amides is 1. The molecule has 138 valence electrons. The van der Waals surface area contributed by atoms with Crippen molar-refractivity contribution in [1.82, 2.24) is 24.9 Å². The highest BCUT2D eigenvalue weighted by Gasteiger charge is 2.32. The third kappa shape index (κ3) is 3.52. The number of nitrogens with zero attached hydrogens (tertiary/aromatic N) is 4. The molecule has 1 atom stereocenters. The van der Waals surface area contributed by atoms with Gasteiger partial charge in [0.1, 0.15) is 0 Å². The lowest BCUT2D eigenvalue weighted by atomic mass is 10.2. The molecule has 3 heterocycles. The molecule has 0 saturated carbocycles. The zero-order chi connectivity index (χ0) is 17.9. The van der Waals surface area contributed by atoms with Crippen molar-refractivity contribution in [2.24, 2.45) is 0 Å². The average Bonchev–Trinajstić information content (AvgIpc) is 3.31. The number of hydrogen-bond acceptors (Lipinski definition) is 4. The van der Waals surface area contributed by atoms with Gasteiger partial charge in [-0.05, 0) is 18.9 Å². The minimum absolute atomic E-state index is 0.124. The monoisotopic (exact) mass is 353 g/mol. The summed E-state index contributed by atoms with van der Waals surface area (Å²) in [4.78, 5) is 17.5. The van der Waals surface area contributed by atoms with Crippen LogP contribution >= 0.6 is 0 Å². The van der Waals surface area contributed by atoms with E-state index >= 15 is 0 Å². The molecule has 1 unspecified atom stereocenters. The fraction of sp³-hybridized carbons (Fsp3) is 0.500. The maximum atomic E-state index is 13.0. The first-order chi connectivity index (χ1) is 12.7. The number of rotatable bonds is 4. The molecule has 2 aliphatic rings. The number of carbonyl (C=O) groups is 1. The molecule has 1 aromatic carbocycles. The molecule has 1 amide bonds. The van der Waals surface area contributed by atoms with Gasteiger partial charge in [0.15, 0.2) is 0 Å². The summed E-state index contributed by atoms with van der Waals surface area (Å²) in [6, 6.07) is 10.7. The average molecular weight is 353 g/mol. The van der Waals surface area contributed by atoms with Crippen molar-refractivity contribution >= 4 is 5.91 Å². The van der Waals surface area contributed by atoms with E-state index in [0.717, 1.165) is 56.9 Å². The summed E-state index contributed by atoms with van der Waals surface area (Å²) in [5.74, 6) is 0.124. The van der Waals surface area contributed by atoms with Crippen LogP contribution in [0.2, 0.25) is 0 Å². The number of piperazine rings is 1. The maximum absolute atomic E-state index is 13.0. The molecule has 0 bridgehead atoms. The van der Waals surface area contributed by atoms with Crippen LogP contribution < -0.4 is 5.32 Å². The van der Waals surface area contributed by atoms with E-state index in [-0.39, 0.29) is 5.91 Å². The van der Waals surface area contributed by atoms with Crippen molar-refractivity contribution in [2.45, 2.75) is 25.9 Å². The van der Waals surface area contributed by atoms with Gasteiger partial charge in [-0.2, -0.15) is 5.10 Å². The Balaban J connectivity index is 1.42. The van der Waals surface area contributed by atoms with E-state index < -0.39 is 0 Å². The van der Waals surface area contributed by atoms with E-state index in [2.05, 4.69) is 27.4 Å². The summed E-state index contributed by atoms with van der Waals surface area (Å²) < 4.78 is 1.92. The molecule has 2 aromatic rings. The predicted octanol–water partition coefficient (Wildman–Crippen LogP) is 1.36. The van der Waals surface area contributed by atoms with Crippen molar-refractivity contribution in [3.8, 4) is 0 Å². The van der Waals surface area contributed by atoms with Crippen LogP contribution in [0.4, 0.5) is 0 Å². The van der Waals surface area contributed by atoms with Gasteiger partial charge in [0.2, 0.25) is 0 Å². The second-order valence-corrected chi connectivity index (χ2v) is 7.27. The Bertz CT molecular complexity index is 751. The zero-order valence-electron chi connectivity index (χ0n) is 15.4. The van der Waals surface area contributed by atoms with Crippen LogP contribution in [0.15, 0.2) is 36.5 Å². The van der Waals surface area contributed by atoms with Crippen LogP contribution in [-0.4, -0.2) is 70.8 Å². The Morgan fingerprint density at radius 3 is 2.73 bits per heavy atom. The normalized spacial score (nSPS) is 21.3. The lowest BCUT2D eigenvalue weighted by molar-refractivity contribution is 0.0772. The molecule has 2 fully saturated rings. The minimum Gasteiger partial charge on any atom is -0.337 e. The number of carbonyl (C=O) groups excluding carboxylic acids is 1. The van der Waals surface area contributed by atoms with Gasteiger partial charge in [-0.15, -0.1) is 0 Å². The third-order valence-corrected chi connectivity index (χ3v) is 5.63. The van der Waals surface area contributed by atoms with Crippen molar-refractivity contribution in [2.75, 3.05) is 39.3 Å². The van der Waals surface area contributed by atoms with Crippen LogP contribution in [0.3, 0.4) is 0 Å². The molecule has 0 spiro atoms. The van der Waals surface area contributed by atoms with Gasteiger partial charge in [-0.25, -0.2) is 0 Å². The SMILES string of the molecule is Cc1c(C(=O)N2CCC(N3CCNCC3)C2)cnn1Cc1ccccc1. The number of benzene rings is 1. The highest BCUT2D eigenvalue weighted by Crippen LogP contribution is 2.20. The highest BCUT2D eigenvalue weighted by molar-refractivity contribution is 5.95. The zero-order valence-corrected chi connectivity index (χ0v) is 15.4. The van der Waals surface area contributed by atoms with Gasteiger partial charge in [0.05, 0.1) is 18.3 Å². The molecular formula is C20H27N5O. The van der Waals surface area contributed by atoms with Crippen LogP contribution in [0.5, 0.6) is 0 Å². The summed E-state index contributed by atoms with van der Waals surface area (Å²) in [6.45, 7) is 8.64. The van der Waals surface area contributed by atoms with Crippen molar-refractivity contribution in [3.05, 3.63) is 53.3 Å². The Labute approximate surface area is 154 Å². The van der Waals surface area contributed by atoms with Gasteiger partial charge in [0.25, 0.3) is 5.91 Å². The summed E-state index contributed by atoms with van der Waals surface area (Å²) in [5, 5.41) is 7.86. The summed E-state index contributed by atoms with van der Waals surface area (Å²) >= 11 is 0. The molecule has 1 N–H and O–H groups in total. The van der Waals surface area contributed by atoms with E-state index in [1.54, 1.807) is 6.20 Å². The van der Waals surface area contributed by atoms with Gasteiger partial charge in [0, 0.05) is 51.0 Å². The molecule has 0 aliphatic carbocycles. The molecule has 26 heavy (non-hydrogen) atoms. The molecule has 1 aromatic heterocycles. The van der Waals surface area contributed by atoms with E-state index in [1.807, 2.05) is 34.7 Å². The molecule has 6 heteroatoms. The number of hydrogen-bond donors (Lipinski definition) is 1. The number of nitrogens with one attached hydrogen (secondary N) is 1. The molecule has 2 saturated heterocycles. The van der Waals surface area contributed by atoms with E-state index in [0.29, 0.717) is 12.6 Å². The standard InChI is InChI=1S/C20H27N5O/c1-16-19(13-22-25(16)14-17-5-3-2-4-6-17)20(26)24-10-7-18(15-24)23-11-8-21-9-12-23/h2-6,13,18,21H,7-12,14-15H2,1H3. The first kappa shape index (κ1) is 17.2. The molecule has 2 aliphatic heterocycles. The smallest absolute Gasteiger partial charge is 0.257 e. The molecular weight excluding hydrogens is 326 g/mol. The quantitative estimate of drug-likeness (QED) is 0.902. The summed E-state index contributed by atoms with van der Waals surface area (Å²) in [7, 11) is 0. The largest absolute Gasteiger partial charge is 0.337 e. The Morgan fingerprint density at radius 2 is 1.96 bits per heavy atom. The predicted molar refractivity (Wildman–Crippen MR) is 101 cm³/mol. The summed E-state index contributed by atoms with van der Waals surface area (Å²) in [5.41, 5.74) is 2.88. The van der Waals surface area contributed by atoms with Crippen LogP contribution in [-0.2, 0) is 6.54 Å². The molecule has 4 rings (SSSR count). The van der Waals surface area contributed by atoms with Crippen LogP contribution in [0.1, 0.15) is 28.0 Å². The summed E-state index contributed by atoms with van der Waals surface area (Å²) in [6.07, 6.45) is 2.81.